The van der Waals surface area contributed by atoms with Crippen LogP contribution in [0.5, 0.6) is 0 Å². The van der Waals surface area contributed by atoms with E-state index in [-0.39, 0.29) is 19.0 Å². The van der Waals surface area contributed by atoms with E-state index in [0.717, 1.165) is 17.8 Å². The standard InChI is InChI=1S/C13H20N2O4S/c1-4-5-10-14-9(2)12(20-10)13(18)15(6-7-19-3)8-11(16)17/h4-8H2,1-3H3,(H,16,17). The Balaban J connectivity index is 2.89. The zero-order valence-corrected chi connectivity index (χ0v) is 12.8. The molecule has 0 fully saturated rings. The smallest absolute Gasteiger partial charge is 0.323 e. The lowest BCUT2D eigenvalue weighted by Gasteiger charge is -2.19. The second-order valence-corrected chi connectivity index (χ2v) is 5.47. The van der Waals surface area contributed by atoms with Crippen LogP contribution in [-0.2, 0) is 16.0 Å². The first-order valence-electron chi connectivity index (χ1n) is 6.45. The van der Waals surface area contributed by atoms with Crippen molar-refractivity contribution in [1.82, 2.24) is 9.88 Å². The van der Waals surface area contributed by atoms with Crippen molar-refractivity contribution in [3.63, 3.8) is 0 Å². The Morgan fingerprint density at radius 1 is 1.45 bits per heavy atom. The molecular weight excluding hydrogens is 280 g/mol. The van der Waals surface area contributed by atoms with Gasteiger partial charge in [-0.05, 0) is 19.8 Å². The van der Waals surface area contributed by atoms with E-state index in [1.165, 1.54) is 23.3 Å². The van der Waals surface area contributed by atoms with Crippen LogP contribution in [0.25, 0.3) is 0 Å². The van der Waals surface area contributed by atoms with Crippen molar-refractivity contribution >= 4 is 23.2 Å². The summed E-state index contributed by atoms with van der Waals surface area (Å²) in [6.07, 6.45) is 1.79. The molecule has 1 aromatic heterocycles. The van der Waals surface area contributed by atoms with Gasteiger partial charge in [0.15, 0.2) is 0 Å². The number of carbonyl (C=O) groups excluding carboxylic acids is 1. The minimum absolute atomic E-state index is 0.252. The zero-order valence-electron chi connectivity index (χ0n) is 12.0. The molecule has 0 bridgehead atoms. The number of carbonyl (C=O) groups is 2. The summed E-state index contributed by atoms with van der Waals surface area (Å²) in [5.74, 6) is -1.33. The Morgan fingerprint density at radius 2 is 2.15 bits per heavy atom. The van der Waals surface area contributed by atoms with E-state index in [9.17, 15) is 9.59 Å². The highest BCUT2D eigenvalue weighted by molar-refractivity contribution is 7.13. The third-order valence-electron chi connectivity index (χ3n) is 2.68. The monoisotopic (exact) mass is 300 g/mol. The van der Waals surface area contributed by atoms with Gasteiger partial charge in [0, 0.05) is 13.7 Å². The quantitative estimate of drug-likeness (QED) is 0.788. The van der Waals surface area contributed by atoms with E-state index in [2.05, 4.69) is 4.98 Å². The van der Waals surface area contributed by atoms with Gasteiger partial charge in [0.2, 0.25) is 0 Å². The molecule has 0 atom stereocenters. The molecule has 0 saturated heterocycles. The first-order valence-corrected chi connectivity index (χ1v) is 7.27. The fraction of sp³-hybridized carbons (Fsp3) is 0.615. The van der Waals surface area contributed by atoms with Gasteiger partial charge in [-0.1, -0.05) is 6.92 Å². The van der Waals surface area contributed by atoms with E-state index >= 15 is 0 Å². The fourth-order valence-corrected chi connectivity index (χ4v) is 2.87. The number of aliphatic carboxylic acids is 1. The molecule has 20 heavy (non-hydrogen) atoms. The Bertz CT molecular complexity index is 473. The lowest BCUT2D eigenvalue weighted by Crippen LogP contribution is -2.37. The van der Waals surface area contributed by atoms with Crippen molar-refractivity contribution in [3.05, 3.63) is 15.6 Å². The van der Waals surface area contributed by atoms with Crippen molar-refractivity contribution in [2.45, 2.75) is 26.7 Å². The predicted octanol–water partition coefficient (Wildman–Crippen LogP) is 1.58. The molecule has 1 amide bonds. The zero-order chi connectivity index (χ0) is 15.1. The summed E-state index contributed by atoms with van der Waals surface area (Å²) >= 11 is 1.34. The number of carboxylic acid groups (broad SMARTS) is 1. The SMILES string of the molecule is CCCc1nc(C)c(C(=O)N(CCOC)CC(=O)O)s1. The summed E-state index contributed by atoms with van der Waals surface area (Å²) in [4.78, 5) is 29.4. The normalized spacial score (nSPS) is 10.6. The molecule has 0 spiro atoms. The van der Waals surface area contributed by atoms with Crippen molar-refractivity contribution in [1.29, 1.82) is 0 Å². The third-order valence-corrected chi connectivity index (χ3v) is 3.88. The Kier molecular flexibility index (Phi) is 6.60. The molecule has 0 aromatic carbocycles. The van der Waals surface area contributed by atoms with Gasteiger partial charge in [0.1, 0.15) is 11.4 Å². The molecule has 6 nitrogen and oxygen atoms in total. The number of ether oxygens (including phenoxy) is 1. The minimum atomic E-state index is -1.04. The maximum Gasteiger partial charge on any atom is 0.323 e. The van der Waals surface area contributed by atoms with Gasteiger partial charge in [-0.2, -0.15) is 0 Å². The van der Waals surface area contributed by atoms with Gasteiger partial charge in [0.25, 0.3) is 5.91 Å². The van der Waals surface area contributed by atoms with Crippen LogP contribution in [0.15, 0.2) is 0 Å². The Morgan fingerprint density at radius 3 is 2.70 bits per heavy atom. The van der Waals surface area contributed by atoms with Gasteiger partial charge < -0.3 is 14.7 Å². The Hall–Kier alpha value is -1.47. The van der Waals surface area contributed by atoms with E-state index in [0.29, 0.717) is 17.2 Å². The van der Waals surface area contributed by atoms with E-state index in [4.69, 9.17) is 9.84 Å². The number of carboxylic acids is 1. The van der Waals surface area contributed by atoms with Gasteiger partial charge in [0.05, 0.1) is 17.3 Å². The van der Waals surface area contributed by atoms with Crippen LogP contribution >= 0.6 is 11.3 Å². The Labute approximate surface area is 122 Å². The van der Waals surface area contributed by atoms with E-state index < -0.39 is 5.97 Å². The summed E-state index contributed by atoms with van der Waals surface area (Å²) in [5.41, 5.74) is 0.663. The molecule has 112 valence electrons. The largest absolute Gasteiger partial charge is 0.480 e. The van der Waals surface area contributed by atoms with Crippen LogP contribution in [0, 0.1) is 6.92 Å². The summed E-state index contributed by atoms with van der Waals surface area (Å²) < 4.78 is 4.91. The molecule has 0 aliphatic heterocycles. The highest BCUT2D eigenvalue weighted by atomic mass is 32.1. The number of aryl methyl sites for hydroxylation is 2. The lowest BCUT2D eigenvalue weighted by atomic mass is 10.3. The molecule has 1 aromatic rings. The molecule has 1 N–H and O–H groups in total. The van der Waals surface area contributed by atoms with Crippen LogP contribution in [0.3, 0.4) is 0 Å². The van der Waals surface area contributed by atoms with E-state index in [1.807, 2.05) is 6.92 Å². The lowest BCUT2D eigenvalue weighted by molar-refractivity contribution is -0.137. The number of nitrogens with zero attached hydrogens (tertiary/aromatic N) is 2. The summed E-state index contributed by atoms with van der Waals surface area (Å²) in [5, 5.41) is 9.80. The van der Waals surface area contributed by atoms with Gasteiger partial charge >= 0.3 is 5.97 Å². The predicted molar refractivity (Wildman–Crippen MR) is 76.3 cm³/mol. The molecule has 1 rings (SSSR count). The molecule has 7 heteroatoms. The summed E-state index contributed by atoms with van der Waals surface area (Å²) in [7, 11) is 1.51. The maximum atomic E-state index is 12.4. The molecule has 0 unspecified atom stereocenters. The number of methoxy groups -OCH3 is 1. The number of hydrogen-bond donors (Lipinski definition) is 1. The van der Waals surface area contributed by atoms with Gasteiger partial charge in [-0.3, -0.25) is 9.59 Å². The van der Waals surface area contributed by atoms with Crippen LogP contribution in [0.4, 0.5) is 0 Å². The van der Waals surface area contributed by atoms with Crippen molar-refractivity contribution in [2.24, 2.45) is 0 Å². The van der Waals surface area contributed by atoms with Crippen molar-refractivity contribution in [3.8, 4) is 0 Å². The number of aromatic nitrogens is 1. The average molecular weight is 300 g/mol. The minimum Gasteiger partial charge on any atom is -0.480 e. The van der Waals surface area contributed by atoms with E-state index in [1.54, 1.807) is 6.92 Å². The second kappa shape index (κ2) is 7.96. The third kappa shape index (κ3) is 4.57. The summed E-state index contributed by atoms with van der Waals surface area (Å²) in [6.45, 7) is 4.05. The molecule has 1 heterocycles. The van der Waals surface area contributed by atoms with Crippen LogP contribution in [0.2, 0.25) is 0 Å². The number of amides is 1. The highest BCUT2D eigenvalue weighted by Gasteiger charge is 2.22. The molecule has 0 aliphatic carbocycles. The number of hydrogen-bond acceptors (Lipinski definition) is 5. The average Bonchev–Trinajstić information content (AvgIpc) is 2.74. The molecule has 0 saturated carbocycles. The highest BCUT2D eigenvalue weighted by Crippen LogP contribution is 2.21. The van der Waals surface area contributed by atoms with Crippen molar-refractivity contribution in [2.75, 3.05) is 26.8 Å². The first kappa shape index (κ1) is 16.6. The van der Waals surface area contributed by atoms with Gasteiger partial charge in [-0.25, -0.2) is 4.98 Å². The molecular formula is C13H20N2O4S. The van der Waals surface area contributed by atoms with Gasteiger partial charge in [-0.15, -0.1) is 11.3 Å². The molecule has 0 aliphatic rings. The molecule has 0 radical (unpaired) electrons. The van der Waals surface area contributed by atoms with Crippen LogP contribution < -0.4 is 0 Å². The topological polar surface area (TPSA) is 79.7 Å². The van der Waals surface area contributed by atoms with Crippen molar-refractivity contribution < 1.29 is 19.4 Å². The maximum absolute atomic E-state index is 12.4. The number of thiazole rings is 1. The fourth-order valence-electron chi connectivity index (χ4n) is 1.73. The summed E-state index contributed by atoms with van der Waals surface area (Å²) in [6, 6.07) is 0. The van der Waals surface area contributed by atoms with Crippen LogP contribution in [0.1, 0.15) is 33.7 Å². The number of rotatable bonds is 8. The first-order chi connectivity index (χ1) is 9.49. The van der Waals surface area contributed by atoms with Crippen LogP contribution in [-0.4, -0.2) is 53.7 Å². The second-order valence-electron chi connectivity index (χ2n) is 4.39.